The minimum absolute atomic E-state index is 0.238. The van der Waals surface area contributed by atoms with Gasteiger partial charge in [0.15, 0.2) is 17.3 Å². The van der Waals surface area contributed by atoms with Crippen molar-refractivity contribution in [3.8, 4) is 11.5 Å². The molecule has 4 rings (SSSR count). The number of carbonyl (C=O) groups is 1. The van der Waals surface area contributed by atoms with Crippen molar-refractivity contribution in [2.24, 2.45) is 5.92 Å². The first-order chi connectivity index (χ1) is 10.8. The fraction of sp³-hybridized carbons (Fsp3) is 0.588. The average molecular weight is 303 g/mol. The van der Waals surface area contributed by atoms with Gasteiger partial charge in [0.2, 0.25) is 0 Å². The van der Waals surface area contributed by atoms with Crippen LogP contribution >= 0.6 is 0 Å². The van der Waals surface area contributed by atoms with Crippen LogP contribution in [0, 0.1) is 5.92 Å². The normalized spacial score (nSPS) is 25.0. The zero-order valence-electron chi connectivity index (χ0n) is 12.6. The number of Topliss-reactive ketones (excluding diaryl/α,β-unsaturated/α-hetero) is 1. The molecule has 2 fully saturated rings. The predicted molar refractivity (Wildman–Crippen MR) is 80.2 cm³/mol. The van der Waals surface area contributed by atoms with Crippen LogP contribution in [0.15, 0.2) is 18.2 Å². The van der Waals surface area contributed by atoms with Crippen LogP contribution in [0.2, 0.25) is 0 Å². The lowest BCUT2D eigenvalue weighted by Gasteiger charge is -2.32. The van der Waals surface area contributed by atoms with Gasteiger partial charge in [-0.3, -0.25) is 9.69 Å². The zero-order chi connectivity index (χ0) is 14.9. The first kappa shape index (κ1) is 14.0. The van der Waals surface area contributed by atoms with Crippen molar-refractivity contribution in [2.45, 2.75) is 25.5 Å². The summed E-state index contributed by atoms with van der Waals surface area (Å²) in [5.74, 6) is 2.20. The van der Waals surface area contributed by atoms with E-state index in [2.05, 4.69) is 11.0 Å². The largest absolute Gasteiger partial charge is 0.486 e. The number of ketones is 1. The number of rotatable bonds is 4. The van der Waals surface area contributed by atoms with Gasteiger partial charge in [0.25, 0.3) is 0 Å². The van der Waals surface area contributed by atoms with Gasteiger partial charge >= 0.3 is 0 Å². The summed E-state index contributed by atoms with van der Waals surface area (Å²) in [7, 11) is 0. The molecule has 1 aromatic carbocycles. The number of hydrogen-bond donors (Lipinski definition) is 0. The molecule has 2 aliphatic heterocycles. The summed E-state index contributed by atoms with van der Waals surface area (Å²) >= 11 is 0. The van der Waals surface area contributed by atoms with Gasteiger partial charge in [-0.2, -0.15) is 0 Å². The molecule has 1 saturated carbocycles. The van der Waals surface area contributed by atoms with Gasteiger partial charge in [-0.25, -0.2) is 0 Å². The molecule has 1 saturated heterocycles. The summed E-state index contributed by atoms with van der Waals surface area (Å²) < 4.78 is 16.8. The molecule has 2 heterocycles. The van der Waals surface area contributed by atoms with E-state index in [0.29, 0.717) is 32.1 Å². The standard InChI is InChI=1S/C17H21NO4/c19-17(13-2-3-13)16-11-18(5-6-20-16)10-12-1-4-14-15(9-12)22-8-7-21-14/h1,4,9,13,16H,2-3,5-8,10-11H2. The molecule has 0 N–H and O–H groups in total. The van der Waals surface area contributed by atoms with E-state index in [1.165, 1.54) is 5.56 Å². The van der Waals surface area contributed by atoms with Crippen LogP contribution in [-0.2, 0) is 16.1 Å². The predicted octanol–water partition coefficient (Wildman–Crippen LogP) is 1.64. The van der Waals surface area contributed by atoms with E-state index in [0.717, 1.165) is 37.4 Å². The van der Waals surface area contributed by atoms with E-state index in [4.69, 9.17) is 14.2 Å². The lowest BCUT2D eigenvalue weighted by atomic mass is 10.1. The van der Waals surface area contributed by atoms with Crippen molar-refractivity contribution in [2.75, 3.05) is 32.9 Å². The number of morpholine rings is 1. The van der Waals surface area contributed by atoms with Crippen LogP contribution < -0.4 is 9.47 Å². The van der Waals surface area contributed by atoms with Gasteiger partial charge in [0.1, 0.15) is 19.3 Å². The first-order valence-corrected chi connectivity index (χ1v) is 8.06. The van der Waals surface area contributed by atoms with Gasteiger partial charge < -0.3 is 14.2 Å². The number of hydrogen-bond acceptors (Lipinski definition) is 5. The molecule has 5 nitrogen and oxygen atoms in total. The quantitative estimate of drug-likeness (QED) is 0.846. The zero-order valence-corrected chi connectivity index (χ0v) is 12.6. The van der Waals surface area contributed by atoms with Gasteiger partial charge in [-0.15, -0.1) is 0 Å². The van der Waals surface area contributed by atoms with E-state index in [-0.39, 0.29) is 12.0 Å². The van der Waals surface area contributed by atoms with Crippen LogP contribution in [0.3, 0.4) is 0 Å². The minimum atomic E-state index is -0.238. The average Bonchev–Trinajstić information content (AvgIpc) is 3.39. The second-order valence-corrected chi connectivity index (χ2v) is 6.25. The Bertz CT molecular complexity index is 570. The molecule has 3 aliphatic rings. The molecule has 0 spiro atoms. The van der Waals surface area contributed by atoms with Crippen molar-refractivity contribution in [1.29, 1.82) is 0 Å². The molecule has 0 bridgehead atoms. The van der Waals surface area contributed by atoms with Gasteiger partial charge in [0, 0.05) is 25.6 Å². The number of nitrogens with zero attached hydrogens (tertiary/aromatic N) is 1. The molecular weight excluding hydrogens is 282 g/mol. The molecule has 1 unspecified atom stereocenters. The van der Waals surface area contributed by atoms with Crippen molar-refractivity contribution >= 4 is 5.78 Å². The second-order valence-electron chi connectivity index (χ2n) is 6.25. The highest BCUT2D eigenvalue weighted by molar-refractivity contribution is 5.87. The fourth-order valence-corrected chi connectivity index (χ4v) is 3.09. The Morgan fingerprint density at radius 1 is 1.14 bits per heavy atom. The summed E-state index contributed by atoms with van der Waals surface area (Å²) in [5.41, 5.74) is 1.18. The minimum Gasteiger partial charge on any atom is -0.486 e. The van der Waals surface area contributed by atoms with Crippen LogP contribution in [0.5, 0.6) is 11.5 Å². The highest BCUT2D eigenvalue weighted by Gasteiger charge is 2.37. The lowest BCUT2D eigenvalue weighted by Crippen LogP contribution is -2.46. The molecular formula is C17H21NO4. The van der Waals surface area contributed by atoms with Gasteiger partial charge in [-0.1, -0.05) is 6.07 Å². The highest BCUT2D eigenvalue weighted by atomic mass is 16.6. The number of ether oxygens (including phenoxy) is 3. The molecule has 0 aromatic heterocycles. The van der Waals surface area contributed by atoms with Crippen LogP contribution in [0.25, 0.3) is 0 Å². The van der Waals surface area contributed by atoms with Crippen molar-refractivity contribution in [3.63, 3.8) is 0 Å². The molecule has 1 aliphatic carbocycles. The van der Waals surface area contributed by atoms with Crippen molar-refractivity contribution < 1.29 is 19.0 Å². The maximum Gasteiger partial charge on any atom is 0.165 e. The summed E-state index contributed by atoms with van der Waals surface area (Å²) in [6, 6.07) is 6.08. The molecule has 0 radical (unpaired) electrons. The Balaban J connectivity index is 1.40. The Labute approximate surface area is 130 Å². The fourth-order valence-electron chi connectivity index (χ4n) is 3.09. The first-order valence-electron chi connectivity index (χ1n) is 8.06. The third-order valence-electron chi connectivity index (χ3n) is 4.46. The summed E-state index contributed by atoms with van der Waals surface area (Å²) in [6.45, 7) is 4.22. The van der Waals surface area contributed by atoms with Gasteiger partial charge in [0.05, 0.1) is 6.61 Å². The molecule has 0 amide bonds. The Hall–Kier alpha value is -1.59. The van der Waals surface area contributed by atoms with Crippen LogP contribution in [0.4, 0.5) is 0 Å². The second kappa shape index (κ2) is 5.89. The van der Waals surface area contributed by atoms with E-state index in [1.807, 2.05) is 12.1 Å². The van der Waals surface area contributed by atoms with Crippen LogP contribution in [-0.4, -0.2) is 49.7 Å². The van der Waals surface area contributed by atoms with Crippen molar-refractivity contribution in [3.05, 3.63) is 23.8 Å². The monoisotopic (exact) mass is 303 g/mol. The number of carbonyl (C=O) groups excluding carboxylic acids is 1. The molecule has 22 heavy (non-hydrogen) atoms. The third-order valence-corrected chi connectivity index (χ3v) is 4.46. The van der Waals surface area contributed by atoms with E-state index < -0.39 is 0 Å². The molecule has 1 atom stereocenters. The Kier molecular flexibility index (Phi) is 3.76. The maximum atomic E-state index is 12.2. The third kappa shape index (κ3) is 2.96. The van der Waals surface area contributed by atoms with Crippen molar-refractivity contribution in [1.82, 2.24) is 4.90 Å². The molecule has 1 aromatic rings. The van der Waals surface area contributed by atoms with Gasteiger partial charge in [-0.05, 0) is 30.5 Å². The summed E-state index contributed by atoms with van der Waals surface area (Å²) in [4.78, 5) is 14.5. The topological polar surface area (TPSA) is 48.0 Å². The Morgan fingerprint density at radius 2 is 1.95 bits per heavy atom. The number of benzene rings is 1. The lowest BCUT2D eigenvalue weighted by molar-refractivity contribution is -0.137. The van der Waals surface area contributed by atoms with E-state index >= 15 is 0 Å². The Morgan fingerprint density at radius 3 is 2.77 bits per heavy atom. The number of fused-ring (bicyclic) bond motifs is 1. The summed E-state index contributed by atoms with van der Waals surface area (Å²) in [6.07, 6.45) is 1.85. The summed E-state index contributed by atoms with van der Waals surface area (Å²) in [5, 5.41) is 0. The SMILES string of the molecule is O=C(C1CC1)C1CN(Cc2ccc3c(c2)OCCO3)CCO1. The highest BCUT2D eigenvalue weighted by Crippen LogP contribution is 2.33. The van der Waals surface area contributed by atoms with E-state index in [1.54, 1.807) is 0 Å². The molecule has 118 valence electrons. The van der Waals surface area contributed by atoms with Crippen LogP contribution in [0.1, 0.15) is 18.4 Å². The smallest absolute Gasteiger partial charge is 0.165 e. The molecule has 5 heteroatoms. The van der Waals surface area contributed by atoms with E-state index in [9.17, 15) is 4.79 Å². The maximum absolute atomic E-state index is 12.2.